The molecule has 1 aliphatic carbocycles. The summed E-state index contributed by atoms with van der Waals surface area (Å²) in [6.45, 7) is 2.26. The highest BCUT2D eigenvalue weighted by Crippen LogP contribution is 2.32. The van der Waals surface area contributed by atoms with Gasteiger partial charge in [-0.3, -0.25) is 9.59 Å². The van der Waals surface area contributed by atoms with Gasteiger partial charge in [0.25, 0.3) is 5.91 Å². The molecule has 0 radical (unpaired) electrons. The van der Waals surface area contributed by atoms with E-state index in [-0.39, 0.29) is 24.5 Å². The van der Waals surface area contributed by atoms with Gasteiger partial charge in [-0.2, -0.15) is 0 Å². The Kier molecular flexibility index (Phi) is 4.83. The van der Waals surface area contributed by atoms with Crippen molar-refractivity contribution in [3.8, 4) is 0 Å². The Balaban J connectivity index is 1.60. The van der Waals surface area contributed by atoms with Crippen molar-refractivity contribution in [3.05, 3.63) is 29.8 Å². The second-order valence-corrected chi connectivity index (χ2v) is 6.44. The van der Waals surface area contributed by atoms with E-state index >= 15 is 0 Å². The van der Waals surface area contributed by atoms with Crippen LogP contribution in [0.2, 0.25) is 0 Å². The van der Waals surface area contributed by atoms with Crippen LogP contribution in [0.1, 0.15) is 43.0 Å². The van der Waals surface area contributed by atoms with Crippen molar-refractivity contribution in [1.82, 2.24) is 5.32 Å². The summed E-state index contributed by atoms with van der Waals surface area (Å²) in [6, 6.07) is 6.96. The number of rotatable bonds is 6. The second-order valence-electron chi connectivity index (χ2n) is 6.44. The van der Waals surface area contributed by atoms with E-state index in [0.717, 1.165) is 19.3 Å². The van der Waals surface area contributed by atoms with Crippen molar-refractivity contribution < 1.29 is 19.1 Å². The Labute approximate surface area is 141 Å². The number of ether oxygens (including phenoxy) is 1. The molecule has 2 aliphatic rings. The predicted molar refractivity (Wildman–Crippen MR) is 88.6 cm³/mol. The van der Waals surface area contributed by atoms with Crippen molar-refractivity contribution in [2.45, 2.75) is 38.6 Å². The van der Waals surface area contributed by atoms with Gasteiger partial charge in [-0.1, -0.05) is 12.1 Å². The van der Waals surface area contributed by atoms with Gasteiger partial charge in [0.1, 0.15) is 0 Å². The van der Waals surface area contributed by atoms with Gasteiger partial charge in [0.05, 0.1) is 11.3 Å². The second kappa shape index (κ2) is 7.03. The third kappa shape index (κ3) is 3.75. The molecule has 0 unspecified atom stereocenters. The average Bonchev–Trinajstić information content (AvgIpc) is 3.34. The lowest BCUT2D eigenvalue weighted by molar-refractivity contribution is -0.125. The topological polar surface area (TPSA) is 75.7 Å². The molecule has 1 aliphatic heterocycles. The van der Waals surface area contributed by atoms with Crippen LogP contribution in [0.4, 0.5) is 5.69 Å². The molecule has 2 amide bonds. The molecule has 1 heterocycles. The van der Waals surface area contributed by atoms with Crippen molar-refractivity contribution in [1.29, 1.82) is 0 Å². The normalized spacial score (nSPS) is 18.4. The van der Waals surface area contributed by atoms with Crippen LogP contribution in [0, 0.1) is 5.92 Å². The first-order valence-electron chi connectivity index (χ1n) is 8.42. The third-order valence-electron chi connectivity index (χ3n) is 4.54. The maximum absolute atomic E-state index is 12.3. The van der Waals surface area contributed by atoms with Crippen LogP contribution in [0.3, 0.4) is 0 Å². The van der Waals surface area contributed by atoms with Gasteiger partial charge in [-0.05, 0) is 44.2 Å². The molecule has 1 aromatic carbocycles. The number of para-hydroxylation sites is 1. The van der Waals surface area contributed by atoms with E-state index in [1.54, 1.807) is 29.2 Å². The molecule has 1 saturated carbocycles. The Morgan fingerprint density at radius 1 is 1.33 bits per heavy atom. The van der Waals surface area contributed by atoms with Gasteiger partial charge in [-0.25, -0.2) is 4.79 Å². The van der Waals surface area contributed by atoms with E-state index in [9.17, 15) is 14.4 Å². The van der Waals surface area contributed by atoms with Gasteiger partial charge < -0.3 is 15.0 Å². The average molecular weight is 330 g/mol. The van der Waals surface area contributed by atoms with Gasteiger partial charge in [0, 0.05) is 19.0 Å². The largest absolute Gasteiger partial charge is 0.452 e. The molecule has 6 heteroatoms. The zero-order valence-corrected chi connectivity index (χ0v) is 13.8. The summed E-state index contributed by atoms with van der Waals surface area (Å²) < 4.78 is 5.14. The lowest BCUT2D eigenvalue weighted by atomic mass is 10.1. The Hall–Kier alpha value is -2.37. The van der Waals surface area contributed by atoms with Gasteiger partial charge in [-0.15, -0.1) is 0 Å². The highest BCUT2D eigenvalue weighted by atomic mass is 16.5. The predicted octanol–water partition coefficient (Wildman–Crippen LogP) is 1.88. The smallest absolute Gasteiger partial charge is 0.340 e. The number of carbonyl (C=O) groups is 3. The minimum absolute atomic E-state index is 0.00579. The zero-order chi connectivity index (χ0) is 17.1. The lowest BCUT2D eigenvalue weighted by Gasteiger charge is -2.19. The zero-order valence-electron chi connectivity index (χ0n) is 13.8. The van der Waals surface area contributed by atoms with E-state index in [1.165, 1.54) is 0 Å². The van der Waals surface area contributed by atoms with Crippen molar-refractivity contribution in [2.24, 2.45) is 5.92 Å². The van der Waals surface area contributed by atoms with E-state index in [4.69, 9.17) is 4.74 Å². The van der Waals surface area contributed by atoms with Crippen LogP contribution in [0.25, 0.3) is 0 Å². The van der Waals surface area contributed by atoms with Crippen molar-refractivity contribution in [2.75, 3.05) is 18.1 Å². The number of nitrogens with zero attached hydrogens (tertiary/aromatic N) is 1. The summed E-state index contributed by atoms with van der Waals surface area (Å²) in [5.74, 6) is -0.324. The minimum Gasteiger partial charge on any atom is -0.452 e. The molecular formula is C18H22N2O4. The molecule has 6 nitrogen and oxygen atoms in total. The fourth-order valence-electron chi connectivity index (χ4n) is 3.00. The molecule has 1 aromatic rings. The van der Waals surface area contributed by atoms with Gasteiger partial charge in [0.2, 0.25) is 5.91 Å². The summed E-state index contributed by atoms with van der Waals surface area (Å²) in [5.41, 5.74) is 0.868. The monoisotopic (exact) mass is 330 g/mol. The van der Waals surface area contributed by atoms with Gasteiger partial charge in [0.15, 0.2) is 6.61 Å². The number of esters is 1. The van der Waals surface area contributed by atoms with Crippen LogP contribution >= 0.6 is 0 Å². The highest BCUT2D eigenvalue weighted by Gasteiger charge is 2.29. The van der Waals surface area contributed by atoms with E-state index < -0.39 is 5.97 Å². The molecule has 24 heavy (non-hydrogen) atoms. The molecule has 0 bridgehead atoms. The molecule has 1 atom stereocenters. The van der Waals surface area contributed by atoms with Crippen LogP contribution in [0.5, 0.6) is 0 Å². The molecule has 3 rings (SSSR count). The first-order valence-corrected chi connectivity index (χ1v) is 8.42. The Morgan fingerprint density at radius 3 is 2.75 bits per heavy atom. The Morgan fingerprint density at radius 2 is 2.08 bits per heavy atom. The number of hydrogen-bond donors (Lipinski definition) is 1. The molecular weight excluding hydrogens is 308 g/mol. The molecule has 0 aromatic heterocycles. The molecule has 2 fully saturated rings. The number of hydrogen-bond acceptors (Lipinski definition) is 4. The molecule has 1 saturated heterocycles. The summed E-state index contributed by atoms with van der Waals surface area (Å²) in [4.78, 5) is 37.7. The quantitative estimate of drug-likeness (QED) is 0.808. The SMILES string of the molecule is C[C@H](NC(=O)COC(=O)c1ccccc1N1CCCC1=O)C1CC1. The molecule has 1 N–H and O–H groups in total. The van der Waals surface area contributed by atoms with E-state index in [1.807, 2.05) is 6.92 Å². The van der Waals surface area contributed by atoms with Crippen molar-refractivity contribution in [3.63, 3.8) is 0 Å². The fourth-order valence-corrected chi connectivity index (χ4v) is 3.00. The van der Waals surface area contributed by atoms with E-state index in [2.05, 4.69) is 5.32 Å². The van der Waals surface area contributed by atoms with E-state index in [0.29, 0.717) is 30.1 Å². The first kappa shape index (κ1) is 16.5. The van der Waals surface area contributed by atoms with Crippen LogP contribution in [0.15, 0.2) is 24.3 Å². The number of nitrogens with one attached hydrogen (secondary N) is 1. The van der Waals surface area contributed by atoms with Crippen LogP contribution in [-0.4, -0.2) is 37.0 Å². The Bertz CT molecular complexity index is 654. The number of carbonyl (C=O) groups excluding carboxylic acids is 3. The minimum atomic E-state index is -0.584. The highest BCUT2D eigenvalue weighted by molar-refractivity contribution is 6.03. The number of benzene rings is 1. The molecule has 0 spiro atoms. The number of amides is 2. The van der Waals surface area contributed by atoms with Gasteiger partial charge >= 0.3 is 5.97 Å². The van der Waals surface area contributed by atoms with Crippen LogP contribution in [-0.2, 0) is 14.3 Å². The van der Waals surface area contributed by atoms with Crippen molar-refractivity contribution >= 4 is 23.5 Å². The third-order valence-corrected chi connectivity index (χ3v) is 4.54. The first-order chi connectivity index (χ1) is 11.6. The van der Waals surface area contributed by atoms with Crippen LogP contribution < -0.4 is 10.2 Å². The maximum Gasteiger partial charge on any atom is 0.340 e. The standard InChI is InChI=1S/C18H22N2O4/c1-12(13-8-9-13)19-16(21)11-24-18(23)14-5-2-3-6-15(14)20-10-4-7-17(20)22/h2-3,5-6,12-13H,4,7-11H2,1H3,(H,19,21)/t12-/m0/s1. The fraction of sp³-hybridized carbons (Fsp3) is 0.500. The summed E-state index contributed by atoms with van der Waals surface area (Å²) in [5, 5.41) is 2.84. The summed E-state index contributed by atoms with van der Waals surface area (Å²) in [6.07, 6.45) is 3.55. The summed E-state index contributed by atoms with van der Waals surface area (Å²) in [7, 11) is 0. The lowest BCUT2D eigenvalue weighted by Crippen LogP contribution is -2.37. The number of anilines is 1. The summed E-state index contributed by atoms with van der Waals surface area (Å²) >= 11 is 0. The maximum atomic E-state index is 12.3. The molecule has 128 valence electrons.